The van der Waals surface area contributed by atoms with Gasteiger partial charge in [0.1, 0.15) is 5.75 Å². The third-order valence-electron chi connectivity index (χ3n) is 3.84. The molecular weight excluding hydrogens is 314 g/mol. The standard InChI is InChI=1S/C18H16ClNO3/c1-12-2-6-15(7-3-12)20-11-13(10-17(20)21)18(22)23-16-8-4-14(19)5-9-16/h2-9,13H,10-11H2,1H3. The smallest absolute Gasteiger partial charge is 0.316 e. The van der Waals surface area contributed by atoms with E-state index < -0.39 is 11.9 Å². The molecule has 1 aliphatic heterocycles. The second-order valence-corrected chi connectivity index (χ2v) is 6.05. The van der Waals surface area contributed by atoms with Gasteiger partial charge >= 0.3 is 5.97 Å². The molecule has 0 aliphatic carbocycles. The first kappa shape index (κ1) is 15.6. The molecule has 118 valence electrons. The lowest BCUT2D eigenvalue weighted by Crippen LogP contribution is -2.27. The van der Waals surface area contributed by atoms with Gasteiger partial charge in [0.2, 0.25) is 5.91 Å². The number of halogens is 1. The van der Waals surface area contributed by atoms with Crippen molar-refractivity contribution in [1.82, 2.24) is 0 Å². The van der Waals surface area contributed by atoms with Gasteiger partial charge in [-0.25, -0.2) is 0 Å². The van der Waals surface area contributed by atoms with Gasteiger partial charge in [-0.2, -0.15) is 0 Å². The van der Waals surface area contributed by atoms with E-state index in [1.807, 2.05) is 31.2 Å². The molecule has 1 unspecified atom stereocenters. The number of rotatable bonds is 3. The molecule has 0 bridgehead atoms. The second-order valence-electron chi connectivity index (χ2n) is 5.62. The van der Waals surface area contributed by atoms with Gasteiger partial charge in [0.05, 0.1) is 5.92 Å². The van der Waals surface area contributed by atoms with Crippen LogP contribution in [0.25, 0.3) is 0 Å². The molecule has 3 rings (SSSR count). The zero-order valence-corrected chi connectivity index (χ0v) is 13.4. The van der Waals surface area contributed by atoms with Gasteiger partial charge in [0.15, 0.2) is 0 Å². The van der Waals surface area contributed by atoms with Gasteiger partial charge in [0, 0.05) is 23.7 Å². The number of anilines is 1. The molecule has 0 spiro atoms. The van der Waals surface area contributed by atoms with Gasteiger partial charge in [-0.15, -0.1) is 0 Å². The zero-order valence-electron chi connectivity index (χ0n) is 12.7. The highest BCUT2D eigenvalue weighted by Crippen LogP contribution is 2.27. The molecule has 23 heavy (non-hydrogen) atoms. The Hall–Kier alpha value is -2.33. The molecule has 2 aromatic rings. The largest absolute Gasteiger partial charge is 0.426 e. The molecule has 0 radical (unpaired) electrons. The van der Waals surface area contributed by atoms with Crippen LogP contribution in [0.3, 0.4) is 0 Å². The number of ether oxygens (including phenoxy) is 1. The quantitative estimate of drug-likeness (QED) is 0.638. The van der Waals surface area contributed by atoms with E-state index in [9.17, 15) is 9.59 Å². The van der Waals surface area contributed by atoms with E-state index in [-0.39, 0.29) is 12.3 Å². The van der Waals surface area contributed by atoms with Crippen LogP contribution in [0.4, 0.5) is 5.69 Å². The highest BCUT2D eigenvalue weighted by Gasteiger charge is 2.36. The average molecular weight is 330 g/mol. The molecule has 0 aromatic heterocycles. The van der Waals surface area contributed by atoms with Crippen molar-refractivity contribution in [2.45, 2.75) is 13.3 Å². The third-order valence-corrected chi connectivity index (χ3v) is 4.09. The minimum absolute atomic E-state index is 0.0630. The summed E-state index contributed by atoms with van der Waals surface area (Å²) in [6, 6.07) is 14.2. The van der Waals surface area contributed by atoms with E-state index >= 15 is 0 Å². The van der Waals surface area contributed by atoms with E-state index in [0.29, 0.717) is 17.3 Å². The normalized spacial score (nSPS) is 17.4. The van der Waals surface area contributed by atoms with Gasteiger partial charge < -0.3 is 9.64 Å². The van der Waals surface area contributed by atoms with E-state index in [0.717, 1.165) is 11.3 Å². The highest BCUT2D eigenvalue weighted by atomic mass is 35.5. The van der Waals surface area contributed by atoms with Crippen molar-refractivity contribution in [1.29, 1.82) is 0 Å². The number of amides is 1. The SMILES string of the molecule is Cc1ccc(N2CC(C(=O)Oc3ccc(Cl)cc3)CC2=O)cc1. The Balaban J connectivity index is 1.68. The number of benzene rings is 2. The van der Waals surface area contributed by atoms with Gasteiger partial charge in [-0.3, -0.25) is 9.59 Å². The molecule has 0 saturated carbocycles. The van der Waals surface area contributed by atoms with Crippen molar-refractivity contribution in [3.8, 4) is 5.75 Å². The number of carbonyl (C=O) groups excluding carboxylic acids is 2. The number of carbonyl (C=O) groups is 2. The summed E-state index contributed by atoms with van der Waals surface area (Å²) in [5, 5.41) is 0.575. The number of hydrogen-bond donors (Lipinski definition) is 0. The Kier molecular flexibility index (Phi) is 4.35. The minimum atomic E-state index is -0.459. The van der Waals surface area contributed by atoms with Crippen LogP contribution in [-0.2, 0) is 9.59 Å². The molecule has 1 fully saturated rings. The fourth-order valence-corrected chi connectivity index (χ4v) is 2.67. The summed E-state index contributed by atoms with van der Waals surface area (Å²) in [4.78, 5) is 26.0. The maximum Gasteiger partial charge on any atom is 0.316 e. The molecule has 1 atom stereocenters. The van der Waals surface area contributed by atoms with Crippen molar-refractivity contribution in [3.63, 3.8) is 0 Å². The van der Waals surface area contributed by atoms with Crippen molar-refractivity contribution in [2.75, 3.05) is 11.4 Å². The molecule has 1 aliphatic rings. The lowest BCUT2D eigenvalue weighted by molar-refractivity contribution is -0.139. The van der Waals surface area contributed by atoms with Crippen LogP contribution < -0.4 is 9.64 Å². The topological polar surface area (TPSA) is 46.6 Å². The molecule has 1 amide bonds. The summed E-state index contributed by atoms with van der Waals surface area (Å²) < 4.78 is 5.33. The average Bonchev–Trinajstić information content (AvgIpc) is 2.92. The van der Waals surface area contributed by atoms with E-state index in [1.54, 1.807) is 29.2 Å². The summed E-state index contributed by atoms with van der Waals surface area (Å²) in [6.07, 6.45) is 0.167. The van der Waals surface area contributed by atoms with Gasteiger partial charge in [0.25, 0.3) is 0 Å². The minimum Gasteiger partial charge on any atom is -0.426 e. The summed E-state index contributed by atoms with van der Waals surface area (Å²) >= 11 is 5.80. The predicted molar refractivity (Wildman–Crippen MR) is 88.7 cm³/mol. The summed E-state index contributed by atoms with van der Waals surface area (Å²) in [7, 11) is 0. The van der Waals surface area contributed by atoms with Crippen LogP contribution in [-0.4, -0.2) is 18.4 Å². The van der Waals surface area contributed by atoms with E-state index in [4.69, 9.17) is 16.3 Å². The van der Waals surface area contributed by atoms with Gasteiger partial charge in [-0.05, 0) is 43.3 Å². The number of aryl methyl sites for hydroxylation is 1. The Morgan fingerprint density at radius 1 is 1.13 bits per heavy atom. The van der Waals surface area contributed by atoms with Crippen molar-refractivity contribution < 1.29 is 14.3 Å². The Labute approximate surface area is 139 Å². The third kappa shape index (κ3) is 3.54. The predicted octanol–water partition coefficient (Wildman–Crippen LogP) is 3.61. The summed E-state index contributed by atoms with van der Waals surface area (Å²) in [6.45, 7) is 2.33. The van der Waals surface area contributed by atoms with E-state index in [2.05, 4.69) is 0 Å². The molecular formula is C18H16ClNO3. The van der Waals surface area contributed by atoms with Crippen LogP contribution in [0.2, 0.25) is 5.02 Å². The lowest BCUT2D eigenvalue weighted by Gasteiger charge is -2.16. The van der Waals surface area contributed by atoms with Crippen LogP contribution in [0.5, 0.6) is 5.75 Å². The van der Waals surface area contributed by atoms with E-state index in [1.165, 1.54) is 0 Å². The number of esters is 1. The second kappa shape index (κ2) is 6.42. The van der Waals surface area contributed by atoms with Crippen LogP contribution in [0.1, 0.15) is 12.0 Å². The fraction of sp³-hybridized carbons (Fsp3) is 0.222. The molecule has 2 aromatic carbocycles. The zero-order chi connectivity index (χ0) is 16.4. The van der Waals surface area contributed by atoms with Crippen molar-refractivity contribution >= 4 is 29.2 Å². The Morgan fingerprint density at radius 3 is 2.43 bits per heavy atom. The monoisotopic (exact) mass is 329 g/mol. The first-order valence-corrected chi connectivity index (χ1v) is 7.75. The summed E-state index contributed by atoms with van der Waals surface area (Å²) in [5.41, 5.74) is 1.93. The number of nitrogens with zero attached hydrogens (tertiary/aromatic N) is 1. The first-order chi connectivity index (χ1) is 11.0. The maximum absolute atomic E-state index is 12.2. The molecule has 1 saturated heterocycles. The Bertz CT molecular complexity index is 725. The van der Waals surface area contributed by atoms with Crippen molar-refractivity contribution in [2.24, 2.45) is 5.92 Å². The van der Waals surface area contributed by atoms with Crippen LogP contribution in [0, 0.1) is 12.8 Å². The summed E-state index contributed by atoms with van der Waals surface area (Å²) in [5.74, 6) is -0.484. The van der Waals surface area contributed by atoms with Crippen molar-refractivity contribution in [3.05, 3.63) is 59.1 Å². The number of hydrogen-bond acceptors (Lipinski definition) is 3. The molecule has 1 heterocycles. The fourth-order valence-electron chi connectivity index (χ4n) is 2.54. The molecule has 5 heteroatoms. The molecule has 0 N–H and O–H groups in total. The maximum atomic E-state index is 12.2. The van der Waals surface area contributed by atoms with Crippen LogP contribution >= 0.6 is 11.6 Å². The van der Waals surface area contributed by atoms with Gasteiger partial charge in [-0.1, -0.05) is 29.3 Å². The molecule has 4 nitrogen and oxygen atoms in total. The highest BCUT2D eigenvalue weighted by molar-refractivity contribution is 6.30. The Morgan fingerprint density at radius 2 is 1.78 bits per heavy atom. The first-order valence-electron chi connectivity index (χ1n) is 7.37. The van der Waals surface area contributed by atoms with Crippen LogP contribution in [0.15, 0.2) is 48.5 Å². The lowest BCUT2D eigenvalue weighted by atomic mass is 10.1.